The summed E-state index contributed by atoms with van der Waals surface area (Å²) in [5.41, 5.74) is 2.17. The van der Waals surface area contributed by atoms with Crippen molar-refractivity contribution in [2.24, 2.45) is 5.92 Å². The number of nitrogens with one attached hydrogen (secondary N) is 2. The van der Waals surface area contributed by atoms with Gasteiger partial charge < -0.3 is 20.6 Å². The highest BCUT2D eigenvalue weighted by molar-refractivity contribution is 5.74. The van der Waals surface area contributed by atoms with E-state index >= 15 is 0 Å². The van der Waals surface area contributed by atoms with Crippen molar-refractivity contribution in [1.29, 1.82) is 0 Å². The number of carbonyl (C=O) groups is 1. The molecule has 0 spiro atoms. The molecule has 5 nitrogen and oxygen atoms in total. The molecule has 1 aromatic rings. The largest absolute Gasteiger partial charge is 0.394 e. The van der Waals surface area contributed by atoms with Gasteiger partial charge in [0.2, 0.25) is 0 Å². The second kappa shape index (κ2) is 8.89. The van der Waals surface area contributed by atoms with E-state index in [-0.39, 0.29) is 18.7 Å². The molecule has 128 valence electrons. The molecule has 1 fully saturated rings. The third-order valence-electron chi connectivity index (χ3n) is 4.55. The fourth-order valence-electron chi connectivity index (χ4n) is 3.11. The Balaban J connectivity index is 1.81. The summed E-state index contributed by atoms with van der Waals surface area (Å²) in [5, 5.41) is 15.4. The molecule has 0 aliphatic carbocycles. The van der Waals surface area contributed by atoms with E-state index < -0.39 is 0 Å². The molecule has 2 atom stereocenters. The van der Waals surface area contributed by atoms with Crippen LogP contribution in [0, 0.1) is 5.92 Å². The van der Waals surface area contributed by atoms with E-state index in [1.54, 1.807) is 0 Å². The summed E-state index contributed by atoms with van der Waals surface area (Å²) in [6.45, 7) is 4.85. The van der Waals surface area contributed by atoms with Gasteiger partial charge in [0.1, 0.15) is 0 Å². The number of aliphatic hydroxyl groups is 1. The van der Waals surface area contributed by atoms with Crippen molar-refractivity contribution in [2.45, 2.75) is 32.2 Å². The number of aliphatic hydroxyl groups excluding tert-OH is 1. The summed E-state index contributed by atoms with van der Waals surface area (Å²) < 4.78 is 0. The number of hydrogen-bond donors (Lipinski definition) is 3. The number of likely N-dealkylation sites (tertiary alicyclic amines) is 1. The van der Waals surface area contributed by atoms with Gasteiger partial charge in [0.25, 0.3) is 0 Å². The van der Waals surface area contributed by atoms with E-state index in [1.807, 2.05) is 24.3 Å². The predicted molar refractivity (Wildman–Crippen MR) is 92.4 cm³/mol. The fourth-order valence-corrected chi connectivity index (χ4v) is 3.11. The number of hydrogen-bond acceptors (Lipinski definition) is 3. The Bertz CT molecular complexity index is 490. The van der Waals surface area contributed by atoms with Crippen LogP contribution in [-0.4, -0.2) is 49.3 Å². The number of aryl methyl sites for hydroxylation is 1. The van der Waals surface area contributed by atoms with Crippen molar-refractivity contribution in [3.63, 3.8) is 0 Å². The van der Waals surface area contributed by atoms with Gasteiger partial charge in [-0.1, -0.05) is 31.2 Å². The van der Waals surface area contributed by atoms with Crippen LogP contribution in [0.2, 0.25) is 0 Å². The molecule has 23 heavy (non-hydrogen) atoms. The Morgan fingerprint density at radius 1 is 1.39 bits per heavy atom. The predicted octanol–water partition coefficient (Wildman–Crippen LogP) is 1.92. The lowest BCUT2D eigenvalue weighted by Crippen LogP contribution is -2.44. The minimum Gasteiger partial charge on any atom is -0.394 e. The Kier molecular flexibility index (Phi) is 6.86. The molecule has 5 heteroatoms. The number of rotatable bonds is 6. The van der Waals surface area contributed by atoms with Crippen LogP contribution in [0.1, 0.15) is 36.9 Å². The summed E-state index contributed by atoms with van der Waals surface area (Å²) in [5.74, 6) is 0.510. The van der Waals surface area contributed by atoms with Gasteiger partial charge >= 0.3 is 6.03 Å². The number of benzene rings is 1. The van der Waals surface area contributed by atoms with Crippen molar-refractivity contribution in [2.75, 3.05) is 33.3 Å². The lowest BCUT2D eigenvalue weighted by molar-refractivity contribution is 0.196. The molecule has 1 aliphatic rings. The van der Waals surface area contributed by atoms with Gasteiger partial charge in [0, 0.05) is 13.1 Å². The monoisotopic (exact) mass is 319 g/mol. The maximum atomic E-state index is 12.1. The first-order valence-electron chi connectivity index (χ1n) is 8.55. The molecule has 1 aromatic carbocycles. The Morgan fingerprint density at radius 3 is 2.74 bits per heavy atom. The van der Waals surface area contributed by atoms with Crippen LogP contribution in [0.5, 0.6) is 0 Å². The molecule has 2 unspecified atom stereocenters. The Morgan fingerprint density at radius 2 is 2.13 bits per heavy atom. The lowest BCUT2D eigenvalue weighted by Gasteiger charge is -2.29. The molecule has 2 amide bonds. The zero-order valence-corrected chi connectivity index (χ0v) is 14.2. The highest BCUT2D eigenvalue weighted by atomic mass is 16.3. The van der Waals surface area contributed by atoms with Gasteiger partial charge in [-0.25, -0.2) is 4.79 Å². The van der Waals surface area contributed by atoms with Gasteiger partial charge in [0.15, 0.2) is 0 Å². The number of amides is 2. The minimum absolute atomic E-state index is 0.106. The number of urea groups is 1. The van der Waals surface area contributed by atoms with Crippen LogP contribution in [0.4, 0.5) is 4.79 Å². The summed E-state index contributed by atoms with van der Waals surface area (Å²) in [7, 11) is 2.12. The van der Waals surface area contributed by atoms with Crippen LogP contribution in [0.25, 0.3) is 0 Å². The summed E-state index contributed by atoms with van der Waals surface area (Å²) >= 11 is 0. The minimum atomic E-state index is -0.366. The standard InChI is InChI=1S/C18H29N3O2/c1-3-14-6-8-16(9-7-14)17(13-22)20-18(23)19-11-15-5-4-10-21(2)12-15/h6-9,15,17,22H,3-5,10-13H2,1-2H3,(H2,19,20,23). The average molecular weight is 319 g/mol. The second-order valence-electron chi connectivity index (χ2n) is 6.46. The van der Waals surface area contributed by atoms with E-state index in [0.717, 1.165) is 31.5 Å². The third-order valence-corrected chi connectivity index (χ3v) is 4.55. The molecule has 0 aromatic heterocycles. The summed E-state index contributed by atoms with van der Waals surface area (Å²) in [4.78, 5) is 14.4. The molecular formula is C18H29N3O2. The van der Waals surface area contributed by atoms with E-state index in [2.05, 4.69) is 29.5 Å². The highest BCUT2D eigenvalue weighted by Gasteiger charge is 2.19. The van der Waals surface area contributed by atoms with Crippen LogP contribution >= 0.6 is 0 Å². The second-order valence-corrected chi connectivity index (χ2v) is 6.46. The lowest BCUT2D eigenvalue weighted by atomic mass is 9.98. The average Bonchev–Trinajstić information content (AvgIpc) is 2.58. The van der Waals surface area contributed by atoms with Crippen LogP contribution in [0.3, 0.4) is 0 Å². The molecule has 0 radical (unpaired) electrons. The zero-order chi connectivity index (χ0) is 16.7. The molecule has 3 N–H and O–H groups in total. The molecule has 0 saturated carbocycles. The van der Waals surface area contributed by atoms with Crippen LogP contribution < -0.4 is 10.6 Å². The molecule has 1 aliphatic heterocycles. The number of carbonyl (C=O) groups excluding carboxylic acids is 1. The molecule has 1 saturated heterocycles. The zero-order valence-electron chi connectivity index (χ0n) is 14.2. The van der Waals surface area contributed by atoms with Gasteiger partial charge in [-0.3, -0.25) is 0 Å². The van der Waals surface area contributed by atoms with E-state index in [4.69, 9.17) is 0 Å². The summed E-state index contributed by atoms with van der Waals surface area (Å²) in [6.07, 6.45) is 3.33. The van der Waals surface area contributed by atoms with Crippen molar-refractivity contribution in [3.05, 3.63) is 35.4 Å². The van der Waals surface area contributed by atoms with E-state index in [0.29, 0.717) is 12.5 Å². The first kappa shape index (κ1) is 17.8. The molecular weight excluding hydrogens is 290 g/mol. The van der Waals surface area contributed by atoms with Crippen molar-refractivity contribution in [1.82, 2.24) is 15.5 Å². The maximum absolute atomic E-state index is 12.1. The normalized spacial score (nSPS) is 20.0. The quantitative estimate of drug-likeness (QED) is 0.750. The van der Waals surface area contributed by atoms with Gasteiger partial charge in [0.05, 0.1) is 12.6 Å². The number of nitrogens with zero attached hydrogens (tertiary/aromatic N) is 1. The van der Waals surface area contributed by atoms with Crippen molar-refractivity contribution >= 4 is 6.03 Å². The smallest absolute Gasteiger partial charge is 0.315 e. The Labute approximate surface area is 139 Å². The SMILES string of the molecule is CCc1ccc(C(CO)NC(=O)NCC2CCCN(C)C2)cc1. The first-order valence-corrected chi connectivity index (χ1v) is 8.55. The molecule has 0 bridgehead atoms. The number of piperidine rings is 1. The van der Waals surface area contributed by atoms with E-state index in [9.17, 15) is 9.90 Å². The summed E-state index contributed by atoms with van der Waals surface area (Å²) in [6, 6.07) is 7.43. The molecule has 1 heterocycles. The van der Waals surface area contributed by atoms with Crippen molar-refractivity contribution in [3.8, 4) is 0 Å². The van der Waals surface area contributed by atoms with Gasteiger partial charge in [-0.2, -0.15) is 0 Å². The highest BCUT2D eigenvalue weighted by Crippen LogP contribution is 2.15. The van der Waals surface area contributed by atoms with Crippen molar-refractivity contribution < 1.29 is 9.90 Å². The van der Waals surface area contributed by atoms with Crippen LogP contribution in [0.15, 0.2) is 24.3 Å². The maximum Gasteiger partial charge on any atom is 0.315 e. The first-order chi connectivity index (χ1) is 11.1. The van der Waals surface area contributed by atoms with E-state index in [1.165, 1.54) is 12.0 Å². The Hall–Kier alpha value is -1.59. The molecule has 2 rings (SSSR count). The fraction of sp³-hybridized carbons (Fsp3) is 0.611. The van der Waals surface area contributed by atoms with Crippen LogP contribution in [-0.2, 0) is 6.42 Å². The topological polar surface area (TPSA) is 64.6 Å². The third kappa shape index (κ3) is 5.52. The van der Waals surface area contributed by atoms with Gasteiger partial charge in [-0.15, -0.1) is 0 Å². The van der Waals surface area contributed by atoms with Gasteiger partial charge in [-0.05, 0) is 49.9 Å².